The molecule has 164 valence electrons. The molecule has 0 amide bonds. The van der Waals surface area contributed by atoms with Crippen molar-refractivity contribution in [2.75, 3.05) is 72.2 Å². The van der Waals surface area contributed by atoms with Crippen LogP contribution in [0.25, 0.3) is 0 Å². The summed E-state index contributed by atoms with van der Waals surface area (Å²) in [6.45, 7) is 21.4. The zero-order valence-electron chi connectivity index (χ0n) is 18.7. The second-order valence-corrected chi connectivity index (χ2v) is 8.71. The van der Waals surface area contributed by atoms with Gasteiger partial charge in [-0.2, -0.15) is 0 Å². The van der Waals surface area contributed by atoms with E-state index in [1.165, 1.54) is 0 Å². The minimum absolute atomic E-state index is 0.219. The van der Waals surface area contributed by atoms with Crippen molar-refractivity contribution < 1.29 is 9.47 Å². The van der Waals surface area contributed by atoms with Gasteiger partial charge in [-0.1, -0.05) is 27.7 Å². The van der Waals surface area contributed by atoms with Gasteiger partial charge in [0.05, 0.1) is 32.5 Å². The monoisotopic (exact) mass is 397 g/mol. The van der Waals surface area contributed by atoms with Gasteiger partial charge in [0.2, 0.25) is 0 Å². The van der Waals surface area contributed by atoms with E-state index < -0.39 is 0 Å². The zero-order valence-corrected chi connectivity index (χ0v) is 18.7. The molecular weight excluding hydrogens is 354 g/mol. The number of hydrogen-bond acceptors (Lipinski definition) is 5. The topological polar surface area (TPSA) is 61.4 Å². The molecule has 0 bridgehead atoms. The van der Waals surface area contributed by atoms with E-state index in [0.717, 1.165) is 78.1 Å². The van der Waals surface area contributed by atoms with E-state index in [0.29, 0.717) is 17.9 Å². The molecule has 0 spiro atoms. The quantitative estimate of drug-likeness (QED) is 0.451. The lowest BCUT2D eigenvalue weighted by molar-refractivity contribution is -0.0284. The van der Waals surface area contributed by atoms with E-state index in [2.05, 4.69) is 55.1 Å². The SMILES string of the molecule is CCNC(=NCC(C(C)C)N1CCOCC1)NCC1CN(CC(C)C)CCO1. The largest absolute Gasteiger partial charge is 0.379 e. The second-order valence-electron chi connectivity index (χ2n) is 8.71. The Morgan fingerprint density at radius 1 is 1.07 bits per heavy atom. The number of aliphatic imine (C=N–C) groups is 1. The summed E-state index contributed by atoms with van der Waals surface area (Å²) in [6, 6.07) is 0.451. The predicted molar refractivity (Wildman–Crippen MR) is 116 cm³/mol. The Hall–Kier alpha value is -0.890. The minimum Gasteiger partial charge on any atom is -0.379 e. The van der Waals surface area contributed by atoms with Gasteiger partial charge >= 0.3 is 0 Å². The van der Waals surface area contributed by atoms with Gasteiger partial charge in [-0.25, -0.2) is 0 Å². The minimum atomic E-state index is 0.219. The Kier molecular flexibility index (Phi) is 10.5. The summed E-state index contributed by atoms with van der Waals surface area (Å²) in [4.78, 5) is 9.94. The summed E-state index contributed by atoms with van der Waals surface area (Å²) < 4.78 is 11.5. The summed E-state index contributed by atoms with van der Waals surface area (Å²) in [5.41, 5.74) is 0. The van der Waals surface area contributed by atoms with Crippen LogP contribution in [0.2, 0.25) is 0 Å². The number of guanidine groups is 1. The third kappa shape index (κ3) is 8.23. The van der Waals surface area contributed by atoms with Crippen LogP contribution in [0.5, 0.6) is 0 Å². The average Bonchev–Trinajstić information content (AvgIpc) is 2.66. The van der Waals surface area contributed by atoms with Crippen LogP contribution in [0.4, 0.5) is 0 Å². The molecule has 0 radical (unpaired) electrons. The van der Waals surface area contributed by atoms with Gasteiger partial charge in [0.15, 0.2) is 5.96 Å². The fourth-order valence-electron chi connectivity index (χ4n) is 3.98. The number of rotatable bonds is 9. The first kappa shape index (κ1) is 23.4. The highest BCUT2D eigenvalue weighted by Crippen LogP contribution is 2.13. The molecule has 0 aliphatic carbocycles. The molecule has 2 atom stereocenters. The fourth-order valence-corrected chi connectivity index (χ4v) is 3.98. The van der Waals surface area contributed by atoms with E-state index in [-0.39, 0.29) is 6.10 Å². The van der Waals surface area contributed by atoms with Crippen LogP contribution in [0.3, 0.4) is 0 Å². The van der Waals surface area contributed by atoms with E-state index in [9.17, 15) is 0 Å². The van der Waals surface area contributed by atoms with Crippen molar-refractivity contribution in [2.24, 2.45) is 16.8 Å². The number of ether oxygens (including phenoxy) is 2. The highest BCUT2D eigenvalue weighted by molar-refractivity contribution is 5.79. The first-order valence-corrected chi connectivity index (χ1v) is 11.2. The molecule has 0 aromatic carbocycles. The Morgan fingerprint density at radius 2 is 1.82 bits per heavy atom. The maximum atomic E-state index is 5.97. The smallest absolute Gasteiger partial charge is 0.191 e. The molecule has 2 aliphatic rings. The van der Waals surface area contributed by atoms with E-state index >= 15 is 0 Å². The highest BCUT2D eigenvalue weighted by Gasteiger charge is 2.24. The lowest BCUT2D eigenvalue weighted by atomic mass is 10.0. The standard InChI is InChI=1S/C21H43N5O2/c1-6-22-21(23-13-19-16-25(7-12-28-19)15-17(2)3)24-14-20(18(4)5)26-8-10-27-11-9-26/h17-20H,6-16H2,1-5H3,(H2,22,23,24). The van der Waals surface area contributed by atoms with Crippen LogP contribution >= 0.6 is 0 Å². The van der Waals surface area contributed by atoms with Crippen LogP contribution in [0.1, 0.15) is 34.6 Å². The first-order valence-electron chi connectivity index (χ1n) is 11.2. The van der Waals surface area contributed by atoms with Crippen molar-refractivity contribution in [2.45, 2.75) is 46.8 Å². The summed E-state index contributed by atoms with van der Waals surface area (Å²) >= 11 is 0. The molecule has 7 nitrogen and oxygen atoms in total. The lowest BCUT2D eigenvalue weighted by Crippen LogP contribution is -2.51. The fraction of sp³-hybridized carbons (Fsp3) is 0.952. The Labute approximate surface area is 172 Å². The van der Waals surface area contributed by atoms with Gasteiger partial charge < -0.3 is 20.1 Å². The van der Waals surface area contributed by atoms with Crippen molar-refractivity contribution >= 4 is 5.96 Å². The van der Waals surface area contributed by atoms with Crippen LogP contribution in [-0.4, -0.2) is 100 Å². The predicted octanol–water partition coefficient (Wildman–Crippen LogP) is 1.26. The van der Waals surface area contributed by atoms with Crippen molar-refractivity contribution in [3.8, 4) is 0 Å². The molecule has 28 heavy (non-hydrogen) atoms. The molecule has 0 saturated carbocycles. The molecular formula is C21H43N5O2. The van der Waals surface area contributed by atoms with E-state index in [4.69, 9.17) is 14.5 Å². The number of hydrogen-bond donors (Lipinski definition) is 2. The molecule has 2 rings (SSSR count). The van der Waals surface area contributed by atoms with Crippen molar-refractivity contribution in [3.63, 3.8) is 0 Å². The Morgan fingerprint density at radius 3 is 2.46 bits per heavy atom. The molecule has 2 fully saturated rings. The van der Waals surface area contributed by atoms with Crippen LogP contribution in [0.15, 0.2) is 4.99 Å². The third-order valence-corrected chi connectivity index (χ3v) is 5.41. The van der Waals surface area contributed by atoms with Crippen LogP contribution in [-0.2, 0) is 9.47 Å². The molecule has 2 saturated heterocycles. The van der Waals surface area contributed by atoms with Gasteiger partial charge in [-0.3, -0.25) is 14.8 Å². The van der Waals surface area contributed by atoms with Gasteiger partial charge in [0.25, 0.3) is 0 Å². The lowest BCUT2D eigenvalue weighted by Gasteiger charge is -2.36. The molecule has 2 unspecified atom stereocenters. The molecule has 0 aromatic heterocycles. The van der Waals surface area contributed by atoms with Gasteiger partial charge in [0, 0.05) is 51.9 Å². The Bertz CT molecular complexity index is 452. The summed E-state index contributed by atoms with van der Waals surface area (Å²) in [6.07, 6.45) is 0.219. The summed E-state index contributed by atoms with van der Waals surface area (Å²) in [5.74, 6) is 2.15. The van der Waals surface area contributed by atoms with Crippen molar-refractivity contribution in [3.05, 3.63) is 0 Å². The third-order valence-electron chi connectivity index (χ3n) is 5.41. The maximum Gasteiger partial charge on any atom is 0.191 e. The van der Waals surface area contributed by atoms with Crippen molar-refractivity contribution in [1.82, 2.24) is 20.4 Å². The summed E-state index contributed by atoms with van der Waals surface area (Å²) in [5, 5.41) is 6.89. The second kappa shape index (κ2) is 12.6. The van der Waals surface area contributed by atoms with E-state index in [1.807, 2.05) is 0 Å². The molecule has 0 aromatic rings. The van der Waals surface area contributed by atoms with Crippen LogP contribution < -0.4 is 10.6 Å². The molecule has 7 heteroatoms. The summed E-state index contributed by atoms with van der Waals surface area (Å²) in [7, 11) is 0. The number of nitrogens with one attached hydrogen (secondary N) is 2. The Balaban J connectivity index is 1.86. The van der Waals surface area contributed by atoms with E-state index in [1.54, 1.807) is 0 Å². The molecule has 2 heterocycles. The van der Waals surface area contributed by atoms with Gasteiger partial charge in [0.1, 0.15) is 0 Å². The average molecular weight is 398 g/mol. The number of morpholine rings is 2. The highest BCUT2D eigenvalue weighted by atomic mass is 16.5. The normalized spacial score (nSPS) is 24.0. The molecule has 2 aliphatic heterocycles. The number of nitrogens with zero attached hydrogens (tertiary/aromatic N) is 3. The zero-order chi connectivity index (χ0) is 20.4. The van der Waals surface area contributed by atoms with Gasteiger partial charge in [-0.15, -0.1) is 0 Å². The van der Waals surface area contributed by atoms with Crippen molar-refractivity contribution in [1.29, 1.82) is 0 Å². The first-order chi connectivity index (χ1) is 13.5. The molecule has 2 N–H and O–H groups in total. The maximum absolute atomic E-state index is 5.97. The van der Waals surface area contributed by atoms with Gasteiger partial charge in [-0.05, 0) is 18.8 Å². The van der Waals surface area contributed by atoms with Crippen LogP contribution in [0, 0.1) is 11.8 Å².